The average Bonchev–Trinajstić information content (AvgIpc) is 2.37. The molecule has 0 bridgehead atoms. The molecule has 1 N–H and O–H groups in total. The molecule has 21 heavy (non-hydrogen) atoms. The number of piperidine rings is 1. The molecule has 0 aliphatic carbocycles. The summed E-state index contributed by atoms with van der Waals surface area (Å²) in [5, 5.41) is 9.32. The Labute approximate surface area is 127 Å². The maximum absolute atomic E-state index is 12.2. The molecule has 1 fully saturated rings. The lowest BCUT2D eigenvalue weighted by Crippen LogP contribution is -2.54. The second-order valence-electron chi connectivity index (χ2n) is 6.53. The Morgan fingerprint density at radius 1 is 1.24 bits per heavy atom. The molecule has 2 atom stereocenters. The molecule has 0 aromatic heterocycles. The third-order valence-corrected chi connectivity index (χ3v) is 3.76. The van der Waals surface area contributed by atoms with E-state index in [9.17, 15) is 14.7 Å². The standard InChI is InChI=1S/C15H28N2O4/c1-6-16(7-2)12-8-11(13(18)19)9-17(10-12)14(20)21-15(3,4)5/h11-12H,6-10H2,1-5H3,(H,18,19)/t11-,12+/m0/s1. The lowest BCUT2D eigenvalue weighted by atomic mass is 9.93. The summed E-state index contributed by atoms with van der Waals surface area (Å²) in [7, 11) is 0. The number of likely N-dealkylation sites (tertiary alicyclic amines) is 1. The maximum atomic E-state index is 12.2. The monoisotopic (exact) mass is 300 g/mol. The Hall–Kier alpha value is -1.30. The van der Waals surface area contributed by atoms with Crippen molar-refractivity contribution < 1.29 is 19.4 Å². The largest absolute Gasteiger partial charge is 0.481 e. The van der Waals surface area contributed by atoms with E-state index in [4.69, 9.17) is 4.74 Å². The third kappa shape index (κ3) is 5.19. The van der Waals surface area contributed by atoms with Crippen molar-refractivity contribution in [2.75, 3.05) is 26.2 Å². The lowest BCUT2D eigenvalue weighted by Gasteiger charge is -2.41. The summed E-state index contributed by atoms with van der Waals surface area (Å²) in [4.78, 5) is 27.3. The third-order valence-electron chi connectivity index (χ3n) is 3.76. The van der Waals surface area contributed by atoms with Crippen LogP contribution >= 0.6 is 0 Å². The zero-order valence-electron chi connectivity index (χ0n) is 13.8. The second kappa shape index (κ2) is 7.11. The highest BCUT2D eigenvalue weighted by Gasteiger charge is 2.37. The number of amides is 1. The van der Waals surface area contributed by atoms with Gasteiger partial charge in [-0.15, -0.1) is 0 Å². The van der Waals surface area contributed by atoms with Crippen LogP contribution in [0.4, 0.5) is 4.79 Å². The molecule has 0 unspecified atom stereocenters. The van der Waals surface area contributed by atoms with Crippen LogP contribution in [0.1, 0.15) is 41.0 Å². The molecule has 0 aromatic rings. The summed E-state index contributed by atoms with van der Waals surface area (Å²) in [6, 6.07) is 0.0716. The van der Waals surface area contributed by atoms with Crippen LogP contribution in [0.2, 0.25) is 0 Å². The summed E-state index contributed by atoms with van der Waals surface area (Å²) in [5.41, 5.74) is -0.571. The smallest absolute Gasteiger partial charge is 0.410 e. The number of rotatable bonds is 4. The number of carbonyl (C=O) groups excluding carboxylic acids is 1. The molecule has 1 aliphatic heterocycles. The molecular formula is C15H28N2O4. The average molecular weight is 300 g/mol. The highest BCUT2D eigenvalue weighted by Crippen LogP contribution is 2.23. The van der Waals surface area contributed by atoms with E-state index in [-0.39, 0.29) is 12.6 Å². The van der Waals surface area contributed by atoms with Crippen molar-refractivity contribution in [3.05, 3.63) is 0 Å². The molecular weight excluding hydrogens is 272 g/mol. The molecule has 1 amide bonds. The van der Waals surface area contributed by atoms with Gasteiger partial charge in [-0.05, 0) is 40.3 Å². The summed E-state index contributed by atoms with van der Waals surface area (Å²) in [5.74, 6) is -1.38. The highest BCUT2D eigenvalue weighted by molar-refractivity contribution is 5.73. The molecule has 1 heterocycles. The lowest BCUT2D eigenvalue weighted by molar-refractivity contribution is -0.144. The number of nitrogens with zero attached hydrogens (tertiary/aromatic N) is 2. The van der Waals surface area contributed by atoms with Gasteiger partial charge in [0, 0.05) is 19.1 Å². The predicted molar refractivity (Wildman–Crippen MR) is 80.3 cm³/mol. The van der Waals surface area contributed by atoms with Crippen LogP contribution in [-0.2, 0) is 9.53 Å². The van der Waals surface area contributed by atoms with Crippen LogP contribution in [0.25, 0.3) is 0 Å². The second-order valence-corrected chi connectivity index (χ2v) is 6.53. The minimum Gasteiger partial charge on any atom is -0.481 e. The van der Waals surface area contributed by atoms with E-state index in [0.717, 1.165) is 13.1 Å². The van der Waals surface area contributed by atoms with Crippen molar-refractivity contribution in [1.82, 2.24) is 9.80 Å². The van der Waals surface area contributed by atoms with E-state index < -0.39 is 23.6 Å². The van der Waals surface area contributed by atoms with E-state index in [1.807, 2.05) is 34.6 Å². The first-order valence-corrected chi connectivity index (χ1v) is 7.62. The van der Waals surface area contributed by atoms with Crippen molar-refractivity contribution in [3.8, 4) is 0 Å². The summed E-state index contributed by atoms with van der Waals surface area (Å²) in [6.45, 7) is 12.0. The van der Waals surface area contributed by atoms with Crippen molar-refractivity contribution in [2.24, 2.45) is 5.92 Å². The number of ether oxygens (including phenoxy) is 1. The molecule has 1 saturated heterocycles. The van der Waals surface area contributed by atoms with Crippen LogP contribution in [0.5, 0.6) is 0 Å². The van der Waals surface area contributed by atoms with Gasteiger partial charge in [0.15, 0.2) is 0 Å². The number of hydrogen-bond donors (Lipinski definition) is 1. The first-order chi connectivity index (χ1) is 9.67. The molecule has 0 aromatic carbocycles. The zero-order valence-corrected chi connectivity index (χ0v) is 13.8. The topological polar surface area (TPSA) is 70.1 Å². The first-order valence-electron chi connectivity index (χ1n) is 7.62. The van der Waals surface area contributed by atoms with Gasteiger partial charge in [-0.25, -0.2) is 4.79 Å². The maximum Gasteiger partial charge on any atom is 0.410 e. The molecule has 0 radical (unpaired) electrons. The van der Waals surface area contributed by atoms with Crippen molar-refractivity contribution in [1.29, 1.82) is 0 Å². The van der Waals surface area contributed by atoms with Gasteiger partial charge >= 0.3 is 12.1 Å². The van der Waals surface area contributed by atoms with Gasteiger partial charge < -0.3 is 14.7 Å². The van der Waals surface area contributed by atoms with Gasteiger partial charge in [-0.3, -0.25) is 9.69 Å². The number of carboxylic acid groups (broad SMARTS) is 1. The fraction of sp³-hybridized carbons (Fsp3) is 0.867. The van der Waals surface area contributed by atoms with Gasteiger partial charge in [-0.2, -0.15) is 0 Å². The predicted octanol–water partition coefficient (Wildman–Crippen LogP) is 2.04. The Kier molecular flexibility index (Phi) is 6.01. The van der Waals surface area contributed by atoms with Gasteiger partial charge in [-0.1, -0.05) is 13.8 Å². The summed E-state index contributed by atoms with van der Waals surface area (Å²) in [6.07, 6.45) is 0.154. The molecule has 122 valence electrons. The highest BCUT2D eigenvalue weighted by atomic mass is 16.6. The van der Waals surface area contributed by atoms with E-state index in [0.29, 0.717) is 13.0 Å². The van der Waals surface area contributed by atoms with Gasteiger partial charge in [0.1, 0.15) is 5.60 Å². The SMILES string of the molecule is CCN(CC)[C@@H]1C[C@H](C(=O)O)CN(C(=O)OC(C)(C)C)C1. The van der Waals surface area contributed by atoms with Crippen LogP contribution in [0.15, 0.2) is 0 Å². The normalized spacial score (nSPS) is 23.2. The summed E-state index contributed by atoms with van der Waals surface area (Å²) >= 11 is 0. The Bertz CT molecular complexity index is 374. The Morgan fingerprint density at radius 2 is 1.81 bits per heavy atom. The van der Waals surface area contributed by atoms with Gasteiger partial charge in [0.05, 0.1) is 5.92 Å². The van der Waals surface area contributed by atoms with Crippen molar-refractivity contribution in [2.45, 2.75) is 52.7 Å². The zero-order chi connectivity index (χ0) is 16.2. The van der Waals surface area contributed by atoms with E-state index in [1.54, 1.807) is 0 Å². The van der Waals surface area contributed by atoms with Crippen LogP contribution in [0, 0.1) is 5.92 Å². The van der Waals surface area contributed by atoms with E-state index >= 15 is 0 Å². The molecule has 0 saturated carbocycles. The van der Waals surface area contributed by atoms with E-state index in [1.165, 1.54) is 4.90 Å². The van der Waals surface area contributed by atoms with Gasteiger partial charge in [0.25, 0.3) is 0 Å². The fourth-order valence-corrected chi connectivity index (χ4v) is 2.73. The Morgan fingerprint density at radius 3 is 2.24 bits per heavy atom. The number of aliphatic carboxylic acids is 1. The quantitative estimate of drug-likeness (QED) is 0.860. The molecule has 6 heteroatoms. The minimum atomic E-state index is -0.847. The summed E-state index contributed by atoms with van der Waals surface area (Å²) < 4.78 is 5.38. The molecule has 1 rings (SSSR count). The fourth-order valence-electron chi connectivity index (χ4n) is 2.73. The number of likely N-dealkylation sites (N-methyl/N-ethyl adjacent to an activating group) is 1. The van der Waals surface area contributed by atoms with Crippen LogP contribution < -0.4 is 0 Å². The van der Waals surface area contributed by atoms with Crippen LogP contribution in [0.3, 0.4) is 0 Å². The first kappa shape index (κ1) is 17.8. The van der Waals surface area contributed by atoms with E-state index in [2.05, 4.69) is 4.90 Å². The number of carbonyl (C=O) groups is 2. The molecule has 1 aliphatic rings. The number of carboxylic acids is 1. The number of hydrogen-bond acceptors (Lipinski definition) is 4. The minimum absolute atomic E-state index is 0.0716. The van der Waals surface area contributed by atoms with Gasteiger partial charge in [0.2, 0.25) is 0 Å². The Balaban J connectivity index is 2.83. The molecule has 0 spiro atoms. The van der Waals surface area contributed by atoms with Crippen molar-refractivity contribution in [3.63, 3.8) is 0 Å². The van der Waals surface area contributed by atoms with Crippen molar-refractivity contribution >= 4 is 12.1 Å². The van der Waals surface area contributed by atoms with Crippen LogP contribution in [-0.4, -0.2) is 64.8 Å². The molecule has 6 nitrogen and oxygen atoms in total.